The zero-order valence-corrected chi connectivity index (χ0v) is 13.4. The number of aromatic nitrogens is 1. The Morgan fingerprint density at radius 2 is 1.95 bits per heavy atom. The first-order valence-corrected chi connectivity index (χ1v) is 9.32. The van der Waals surface area contributed by atoms with Crippen LogP contribution in [0, 0.1) is 0 Å². The molecule has 0 bridgehead atoms. The molecule has 22 heavy (non-hydrogen) atoms. The molecule has 1 heterocycles. The monoisotopic (exact) mass is 317 g/mol. The summed E-state index contributed by atoms with van der Waals surface area (Å²) in [6, 6.07) is 8.96. The zero-order valence-electron chi connectivity index (χ0n) is 12.6. The maximum absolute atomic E-state index is 11.8. The molecule has 0 unspecified atom stereocenters. The van der Waals surface area contributed by atoms with Crippen LogP contribution < -0.4 is 4.74 Å². The summed E-state index contributed by atoms with van der Waals surface area (Å²) in [6.07, 6.45) is 7.41. The fourth-order valence-corrected chi connectivity index (χ4v) is 3.72. The van der Waals surface area contributed by atoms with E-state index in [1.165, 1.54) is 24.7 Å². The van der Waals surface area contributed by atoms with Crippen molar-refractivity contribution in [3.8, 4) is 5.75 Å². The number of fused-ring (bicyclic) bond motifs is 1. The van der Waals surface area contributed by atoms with E-state index in [9.17, 15) is 8.42 Å². The summed E-state index contributed by atoms with van der Waals surface area (Å²) in [5.41, 5.74) is 3.08. The van der Waals surface area contributed by atoms with Gasteiger partial charge in [-0.2, -0.15) is 0 Å². The largest absolute Gasteiger partial charge is 0.487 e. The van der Waals surface area contributed by atoms with Gasteiger partial charge in [-0.15, -0.1) is 0 Å². The fraction of sp³-hybridized carbons (Fsp3) is 0.353. The number of benzene rings is 1. The molecule has 3 rings (SSSR count). The summed E-state index contributed by atoms with van der Waals surface area (Å²) in [5, 5.41) is 0. The first-order chi connectivity index (χ1) is 10.5. The van der Waals surface area contributed by atoms with Gasteiger partial charge in [0.25, 0.3) is 0 Å². The molecule has 0 spiro atoms. The van der Waals surface area contributed by atoms with E-state index in [4.69, 9.17) is 4.74 Å². The van der Waals surface area contributed by atoms with Crippen LogP contribution in [0.25, 0.3) is 0 Å². The maximum Gasteiger partial charge on any atom is 0.175 e. The van der Waals surface area contributed by atoms with Crippen LogP contribution in [0.15, 0.2) is 41.4 Å². The van der Waals surface area contributed by atoms with Gasteiger partial charge < -0.3 is 4.74 Å². The lowest BCUT2D eigenvalue weighted by molar-refractivity contribution is 0.301. The van der Waals surface area contributed by atoms with Crippen molar-refractivity contribution in [2.75, 3.05) is 6.26 Å². The summed E-state index contributed by atoms with van der Waals surface area (Å²) in [6.45, 7) is 0.226. The molecule has 0 fully saturated rings. The molecule has 4 nitrogen and oxygen atoms in total. The van der Waals surface area contributed by atoms with Gasteiger partial charge in [0, 0.05) is 17.5 Å². The first-order valence-electron chi connectivity index (χ1n) is 7.42. The van der Waals surface area contributed by atoms with Crippen molar-refractivity contribution in [1.29, 1.82) is 0 Å². The van der Waals surface area contributed by atoms with Crippen molar-refractivity contribution >= 4 is 9.84 Å². The minimum atomic E-state index is -3.25. The highest BCUT2D eigenvalue weighted by Gasteiger charge is 2.14. The number of hydrogen-bond donors (Lipinski definition) is 0. The van der Waals surface area contributed by atoms with Crippen molar-refractivity contribution in [3.63, 3.8) is 0 Å². The smallest absolute Gasteiger partial charge is 0.175 e. The number of pyridine rings is 1. The summed E-state index contributed by atoms with van der Waals surface area (Å²) in [4.78, 5) is 4.78. The second-order valence-corrected chi connectivity index (χ2v) is 7.64. The number of rotatable bonds is 4. The minimum Gasteiger partial charge on any atom is -0.487 e. The highest BCUT2D eigenvalue weighted by molar-refractivity contribution is 7.90. The van der Waals surface area contributed by atoms with Gasteiger partial charge in [0.15, 0.2) is 9.84 Å². The first kappa shape index (κ1) is 15.0. The predicted molar refractivity (Wildman–Crippen MR) is 84.8 cm³/mol. The van der Waals surface area contributed by atoms with Gasteiger partial charge in [0.05, 0.1) is 11.1 Å². The quantitative estimate of drug-likeness (QED) is 0.870. The highest BCUT2D eigenvalue weighted by atomic mass is 32.2. The average molecular weight is 317 g/mol. The van der Waals surface area contributed by atoms with E-state index in [0.29, 0.717) is 16.2 Å². The molecule has 1 aromatic heterocycles. The van der Waals surface area contributed by atoms with E-state index in [0.717, 1.165) is 18.5 Å². The Hall–Kier alpha value is -1.88. The molecule has 0 saturated heterocycles. The van der Waals surface area contributed by atoms with Crippen molar-refractivity contribution in [3.05, 3.63) is 53.3 Å². The SMILES string of the molecule is CS(=O)(=O)c1ccccc1COc1cnc2c(c1)CCCC2. The second kappa shape index (κ2) is 6.08. The normalized spacial score (nSPS) is 14.4. The summed E-state index contributed by atoms with van der Waals surface area (Å²) < 4.78 is 29.3. The summed E-state index contributed by atoms with van der Waals surface area (Å²) in [5.74, 6) is 0.698. The lowest BCUT2D eigenvalue weighted by atomic mass is 9.96. The van der Waals surface area contributed by atoms with Crippen LogP contribution in [0.4, 0.5) is 0 Å². The van der Waals surface area contributed by atoms with Crippen LogP contribution in [0.1, 0.15) is 29.7 Å². The van der Waals surface area contributed by atoms with E-state index >= 15 is 0 Å². The van der Waals surface area contributed by atoms with Crippen LogP contribution >= 0.6 is 0 Å². The molecule has 0 amide bonds. The van der Waals surface area contributed by atoms with Gasteiger partial charge in [-0.05, 0) is 43.4 Å². The molecule has 116 valence electrons. The van der Waals surface area contributed by atoms with Crippen molar-refractivity contribution in [1.82, 2.24) is 4.98 Å². The molecule has 0 N–H and O–H groups in total. The van der Waals surface area contributed by atoms with Gasteiger partial charge in [0.1, 0.15) is 12.4 Å². The van der Waals surface area contributed by atoms with Gasteiger partial charge in [-0.1, -0.05) is 18.2 Å². The summed E-state index contributed by atoms with van der Waals surface area (Å²) in [7, 11) is -3.25. The van der Waals surface area contributed by atoms with E-state index in [1.54, 1.807) is 24.4 Å². The highest BCUT2D eigenvalue weighted by Crippen LogP contribution is 2.24. The Morgan fingerprint density at radius 3 is 2.77 bits per heavy atom. The van der Waals surface area contributed by atoms with Crippen LogP contribution in [-0.2, 0) is 29.3 Å². The van der Waals surface area contributed by atoms with Gasteiger partial charge >= 0.3 is 0 Å². The standard InChI is InChI=1S/C17H19NO3S/c1-22(19,20)17-9-5-3-7-14(17)12-21-15-10-13-6-2-4-8-16(13)18-11-15/h3,5,7,9-11H,2,4,6,8,12H2,1H3. The van der Waals surface area contributed by atoms with Crippen molar-refractivity contribution < 1.29 is 13.2 Å². The fourth-order valence-electron chi connectivity index (χ4n) is 2.79. The molecular weight excluding hydrogens is 298 g/mol. The van der Waals surface area contributed by atoms with E-state index in [-0.39, 0.29) is 6.61 Å². The lowest BCUT2D eigenvalue weighted by Crippen LogP contribution is -2.07. The molecule has 1 aromatic carbocycles. The third-order valence-corrected chi connectivity index (χ3v) is 5.11. The molecule has 1 aliphatic carbocycles. The third kappa shape index (κ3) is 3.30. The Morgan fingerprint density at radius 1 is 1.18 bits per heavy atom. The molecule has 0 aliphatic heterocycles. The van der Waals surface area contributed by atoms with Crippen LogP contribution in [-0.4, -0.2) is 19.7 Å². The molecule has 0 radical (unpaired) electrons. The van der Waals surface area contributed by atoms with Gasteiger partial charge in [-0.3, -0.25) is 4.98 Å². The lowest BCUT2D eigenvalue weighted by Gasteiger charge is -2.16. The van der Waals surface area contributed by atoms with Crippen LogP contribution in [0.5, 0.6) is 5.75 Å². The van der Waals surface area contributed by atoms with Crippen molar-refractivity contribution in [2.45, 2.75) is 37.2 Å². The van der Waals surface area contributed by atoms with Gasteiger partial charge in [-0.25, -0.2) is 8.42 Å². The van der Waals surface area contributed by atoms with E-state index in [2.05, 4.69) is 4.98 Å². The van der Waals surface area contributed by atoms with Crippen LogP contribution in [0.3, 0.4) is 0 Å². The number of sulfone groups is 1. The predicted octanol–water partition coefficient (Wildman–Crippen LogP) is 2.94. The van der Waals surface area contributed by atoms with E-state index < -0.39 is 9.84 Å². The summed E-state index contributed by atoms with van der Waals surface area (Å²) >= 11 is 0. The Kier molecular flexibility index (Phi) is 4.16. The Labute approximate surface area is 131 Å². The van der Waals surface area contributed by atoms with E-state index in [1.807, 2.05) is 12.1 Å². The van der Waals surface area contributed by atoms with Crippen molar-refractivity contribution in [2.24, 2.45) is 0 Å². The second-order valence-electron chi connectivity index (χ2n) is 5.65. The third-order valence-electron chi connectivity index (χ3n) is 3.91. The molecular formula is C17H19NO3S. The molecule has 0 saturated carbocycles. The van der Waals surface area contributed by atoms with Gasteiger partial charge in [0.2, 0.25) is 0 Å². The number of ether oxygens (including phenoxy) is 1. The van der Waals surface area contributed by atoms with Crippen LogP contribution in [0.2, 0.25) is 0 Å². The molecule has 2 aromatic rings. The number of hydrogen-bond acceptors (Lipinski definition) is 4. The Balaban J connectivity index is 1.79. The molecule has 0 atom stereocenters. The minimum absolute atomic E-state index is 0.226. The average Bonchev–Trinajstić information content (AvgIpc) is 2.52. The number of aryl methyl sites for hydroxylation is 2. The number of nitrogens with zero attached hydrogens (tertiary/aromatic N) is 1. The molecule has 5 heteroatoms. The topological polar surface area (TPSA) is 56.3 Å². The Bertz CT molecular complexity index is 784. The maximum atomic E-state index is 11.8. The molecule has 1 aliphatic rings. The zero-order chi connectivity index (χ0) is 15.6.